The number of rotatable bonds is 6. The highest BCUT2D eigenvalue weighted by molar-refractivity contribution is 5.79. The summed E-state index contributed by atoms with van der Waals surface area (Å²) in [6, 6.07) is 0. The molecule has 2 aliphatic heterocycles. The molecule has 0 spiro atoms. The maximum Gasteiger partial charge on any atom is 0.345 e. The van der Waals surface area contributed by atoms with Crippen molar-refractivity contribution in [2.75, 3.05) is 46.8 Å². The number of carbonyl (C=O) groups excluding carboxylic acids is 1. The Morgan fingerprint density at radius 2 is 2.00 bits per heavy atom. The molecule has 1 aromatic heterocycles. The molecule has 0 aliphatic carbocycles. The van der Waals surface area contributed by atoms with E-state index in [0.717, 1.165) is 57.7 Å². The molecule has 1 atom stereocenters. The number of likely N-dealkylation sites (N-methyl/N-ethyl adjacent to an activating group) is 1. The molecule has 27 heavy (non-hydrogen) atoms. The Hall–Kier alpha value is -1.67. The summed E-state index contributed by atoms with van der Waals surface area (Å²) < 4.78 is 3.38. The van der Waals surface area contributed by atoms with Crippen LogP contribution >= 0.6 is 0 Å². The Morgan fingerprint density at radius 3 is 2.67 bits per heavy atom. The third-order valence-electron chi connectivity index (χ3n) is 5.81. The fourth-order valence-electron chi connectivity index (χ4n) is 4.21. The van der Waals surface area contributed by atoms with E-state index in [1.54, 1.807) is 9.25 Å². The number of nitrogens with zero attached hydrogens (tertiary/aromatic N) is 5. The van der Waals surface area contributed by atoms with Gasteiger partial charge in [-0.2, -0.15) is 5.10 Å². The third kappa shape index (κ3) is 4.60. The molecule has 0 radical (unpaired) electrons. The summed E-state index contributed by atoms with van der Waals surface area (Å²) in [5.41, 5.74) is -0.0313. The summed E-state index contributed by atoms with van der Waals surface area (Å²) in [6.45, 7) is 7.36. The first kappa shape index (κ1) is 20.1. The van der Waals surface area contributed by atoms with Gasteiger partial charge in [0.15, 0.2) is 0 Å². The van der Waals surface area contributed by atoms with Crippen molar-refractivity contribution < 1.29 is 4.79 Å². The maximum atomic E-state index is 12.9. The van der Waals surface area contributed by atoms with Crippen molar-refractivity contribution in [3.8, 4) is 0 Å². The number of hydrogen-bond donors (Lipinski definition) is 1. The van der Waals surface area contributed by atoms with Crippen LogP contribution in [0.2, 0.25) is 0 Å². The fourth-order valence-corrected chi connectivity index (χ4v) is 4.21. The third-order valence-corrected chi connectivity index (χ3v) is 5.81. The largest absolute Gasteiger partial charge is 0.345 e. The highest BCUT2D eigenvalue weighted by atomic mass is 16.2. The van der Waals surface area contributed by atoms with Crippen LogP contribution in [0, 0.1) is 5.92 Å². The second kappa shape index (κ2) is 9.01. The normalized spacial score (nSPS) is 21.8. The van der Waals surface area contributed by atoms with Crippen LogP contribution in [0.1, 0.15) is 44.3 Å². The Bertz CT molecular complexity index is 689. The summed E-state index contributed by atoms with van der Waals surface area (Å²) in [5, 5.41) is 8.00. The Labute approximate surface area is 161 Å². The molecule has 8 nitrogen and oxygen atoms in total. The van der Waals surface area contributed by atoms with Crippen LogP contribution in [0.15, 0.2) is 4.79 Å². The lowest BCUT2D eigenvalue weighted by Gasteiger charge is -2.35. The molecule has 0 bridgehead atoms. The lowest BCUT2D eigenvalue weighted by Crippen LogP contribution is -2.45. The first-order chi connectivity index (χ1) is 13.0. The van der Waals surface area contributed by atoms with Crippen molar-refractivity contribution in [3.63, 3.8) is 0 Å². The van der Waals surface area contributed by atoms with Crippen molar-refractivity contribution in [1.82, 2.24) is 29.5 Å². The van der Waals surface area contributed by atoms with Crippen LogP contribution < -0.4 is 11.0 Å². The molecule has 0 unspecified atom stereocenters. The summed E-state index contributed by atoms with van der Waals surface area (Å²) in [7, 11) is 3.99. The molecule has 2 fully saturated rings. The van der Waals surface area contributed by atoms with Gasteiger partial charge in [-0.3, -0.25) is 9.36 Å². The molecule has 2 aliphatic rings. The van der Waals surface area contributed by atoms with E-state index in [2.05, 4.69) is 15.3 Å². The molecule has 1 amide bonds. The fraction of sp³-hybridized carbons (Fsp3) is 0.842. The van der Waals surface area contributed by atoms with Crippen molar-refractivity contribution in [2.24, 2.45) is 5.92 Å². The number of amides is 1. The predicted octanol–water partition coefficient (Wildman–Crippen LogP) is 0.332. The monoisotopic (exact) mass is 378 g/mol. The standard InChI is InChI=1S/C19H34N6O2/c1-4-24-17(21-25(19(24)27)13-12-22(2)3)16-6-5-11-23(14-16)18(26)15-7-9-20-10-8-15/h15-16,20H,4-14H2,1-3H3/t16-/m0/s1. The van der Waals surface area contributed by atoms with Crippen LogP contribution in [0.5, 0.6) is 0 Å². The van der Waals surface area contributed by atoms with Crippen molar-refractivity contribution in [3.05, 3.63) is 16.3 Å². The van der Waals surface area contributed by atoms with Gasteiger partial charge in [-0.05, 0) is 59.8 Å². The Balaban J connectivity index is 1.74. The average molecular weight is 379 g/mol. The summed E-state index contributed by atoms with van der Waals surface area (Å²) in [4.78, 5) is 29.7. The number of hydrogen-bond acceptors (Lipinski definition) is 5. The van der Waals surface area contributed by atoms with Gasteiger partial charge in [-0.1, -0.05) is 0 Å². The molecule has 1 N–H and O–H groups in total. The topological polar surface area (TPSA) is 75.4 Å². The number of carbonyl (C=O) groups is 1. The zero-order valence-electron chi connectivity index (χ0n) is 17.0. The van der Waals surface area contributed by atoms with E-state index in [-0.39, 0.29) is 17.5 Å². The van der Waals surface area contributed by atoms with E-state index in [1.807, 2.05) is 25.9 Å². The van der Waals surface area contributed by atoms with E-state index in [0.29, 0.717) is 25.5 Å². The molecular formula is C19H34N6O2. The molecule has 1 aromatic rings. The van der Waals surface area contributed by atoms with E-state index >= 15 is 0 Å². The van der Waals surface area contributed by atoms with E-state index in [4.69, 9.17) is 0 Å². The van der Waals surface area contributed by atoms with Crippen LogP contribution in [0.4, 0.5) is 0 Å². The van der Waals surface area contributed by atoms with Gasteiger partial charge in [0, 0.05) is 38.0 Å². The molecule has 2 saturated heterocycles. The molecule has 0 aromatic carbocycles. The highest BCUT2D eigenvalue weighted by Crippen LogP contribution is 2.27. The van der Waals surface area contributed by atoms with Crippen LogP contribution in [-0.2, 0) is 17.9 Å². The molecular weight excluding hydrogens is 344 g/mol. The predicted molar refractivity (Wildman–Crippen MR) is 105 cm³/mol. The number of piperidine rings is 2. The van der Waals surface area contributed by atoms with Crippen molar-refractivity contribution in [2.45, 2.75) is 51.6 Å². The van der Waals surface area contributed by atoms with Gasteiger partial charge in [0.2, 0.25) is 5.91 Å². The SMILES string of the molecule is CCn1c([C@H]2CCCN(C(=O)C3CCNCC3)C2)nn(CCN(C)C)c1=O. The first-order valence-corrected chi connectivity index (χ1v) is 10.3. The van der Waals surface area contributed by atoms with Crippen LogP contribution in [0.3, 0.4) is 0 Å². The van der Waals surface area contributed by atoms with Gasteiger partial charge in [0.25, 0.3) is 0 Å². The summed E-state index contributed by atoms with van der Waals surface area (Å²) in [6.07, 6.45) is 3.82. The minimum absolute atomic E-state index is 0.0313. The number of aromatic nitrogens is 3. The first-order valence-electron chi connectivity index (χ1n) is 10.3. The smallest absolute Gasteiger partial charge is 0.342 e. The Morgan fingerprint density at radius 1 is 1.26 bits per heavy atom. The van der Waals surface area contributed by atoms with Crippen LogP contribution in [0.25, 0.3) is 0 Å². The van der Waals surface area contributed by atoms with E-state index < -0.39 is 0 Å². The molecule has 3 rings (SSSR count). The van der Waals surface area contributed by atoms with E-state index in [9.17, 15) is 9.59 Å². The second-order valence-electron chi connectivity index (χ2n) is 8.06. The Kier molecular flexibility index (Phi) is 6.70. The molecule has 152 valence electrons. The lowest BCUT2D eigenvalue weighted by atomic mass is 9.92. The summed E-state index contributed by atoms with van der Waals surface area (Å²) >= 11 is 0. The maximum absolute atomic E-state index is 12.9. The minimum Gasteiger partial charge on any atom is -0.342 e. The van der Waals surface area contributed by atoms with Gasteiger partial charge < -0.3 is 15.1 Å². The van der Waals surface area contributed by atoms with Gasteiger partial charge in [0.05, 0.1) is 6.54 Å². The van der Waals surface area contributed by atoms with Crippen LogP contribution in [-0.4, -0.2) is 76.9 Å². The van der Waals surface area contributed by atoms with Gasteiger partial charge in [-0.15, -0.1) is 0 Å². The summed E-state index contributed by atoms with van der Waals surface area (Å²) in [5.74, 6) is 1.44. The van der Waals surface area contributed by atoms with Gasteiger partial charge in [0.1, 0.15) is 5.82 Å². The highest BCUT2D eigenvalue weighted by Gasteiger charge is 2.32. The number of nitrogens with one attached hydrogen (secondary N) is 1. The molecule has 3 heterocycles. The minimum atomic E-state index is -0.0313. The second-order valence-corrected chi connectivity index (χ2v) is 8.06. The quantitative estimate of drug-likeness (QED) is 0.772. The van der Waals surface area contributed by atoms with E-state index in [1.165, 1.54) is 0 Å². The lowest BCUT2D eigenvalue weighted by molar-refractivity contribution is -0.137. The zero-order chi connectivity index (χ0) is 19.4. The van der Waals surface area contributed by atoms with Gasteiger partial charge >= 0.3 is 5.69 Å². The zero-order valence-corrected chi connectivity index (χ0v) is 17.0. The number of likely N-dealkylation sites (tertiary alicyclic amines) is 1. The van der Waals surface area contributed by atoms with Gasteiger partial charge in [-0.25, -0.2) is 9.48 Å². The van der Waals surface area contributed by atoms with Crippen molar-refractivity contribution in [1.29, 1.82) is 0 Å². The molecule has 0 saturated carbocycles. The van der Waals surface area contributed by atoms with Crippen molar-refractivity contribution >= 4 is 5.91 Å². The molecule has 8 heteroatoms. The average Bonchev–Trinajstić information content (AvgIpc) is 3.02.